The summed E-state index contributed by atoms with van der Waals surface area (Å²) >= 11 is 1.31. The molecule has 2 atom stereocenters. The summed E-state index contributed by atoms with van der Waals surface area (Å²) in [6, 6.07) is 23.3. The van der Waals surface area contributed by atoms with Crippen molar-refractivity contribution in [2.45, 2.75) is 23.0 Å². The molecule has 35 heavy (non-hydrogen) atoms. The largest absolute Gasteiger partial charge is 0.497 e. The second-order valence-corrected chi connectivity index (χ2v) is 9.49. The third kappa shape index (κ3) is 5.52. The Labute approximate surface area is 209 Å². The van der Waals surface area contributed by atoms with Crippen LogP contribution in [0.15, 0.2) is 83.9 Å². The van der Waals surface area contributed by atoms with Gasteiger partial charge in [-0.2, -0.15) is 0 Å². The molecule has 1 aromatic heterocycles. The summed E-state index contributed by atoms with van der Waals surface area (Å²) in [6.45, 7) is 2.17. The molecule has 0 radical (unpaired) electrons. The molecular weight excluding hydrogens is 460 g/mol. The highest BCUT2D eigenvalue weighted by molar-refractivity contribution is 8.00. The van der Waals surface area contributed by atoms with Crippen LogP contribution in [0.2, 0.25) is 0 Å². The van der Waals surface area contributed by atoms with Gasteiger partial charge in [0.15, 0.2) is 0 Å². The lowest BCUT2D eigenvalue weighted by Crippen LogP contribution is -2.29. The average Bonchev–Trinajstić information content (AvgIpc) is 3.32. The normalized spacial score (nSPS) is 12.7. The number of hydrogen-bond donors (Lipinski definition) is 2. The second-order valence-electron chi connectivity index (χ2n) is 8.10. The molecule has 4 rings (SSSR count). The summed E-state index contributed by atoms with van der Waals surface area (Å²) in [6.07, 6.45) is 2.01. The van der Waals surface area contributed by atoms with Crippen molar-refractivity contribution in [3.8, 4) is 5.75 Å². The van der Waals surface area contributed by atoms with Crippen molar-refractivity contribution in [2.75, 3.05) is 20.8 Å². The number of rotatable bonds is 9. The quantitative estimate of drug-likeness (QED) is 0.244. The maximum absolute atomic E-state index is 13.3. The number of amides is 1. The van der Waals surface area contributed by atoms with E-state index in [1.165, 1.54) is 18.9 Å². The predicted octanol–water partition coefficient (Wildman–Crippen LogP) is 5.39. The Bertz CT molecular complexity index is 1320. The van der Waals surface area contributed by atoms with E-state index in [1.54, 1.807) is 20.1 Å². The first kappa shape index (κ1) is 24.4. The van der Waals surface area contributed by atoms with Crippen molar-refractivity contribution >= 4 is 34.5 Å². The lowest BCUT2D eigenvalue weighted by molar-refractivity contribution is -0.139. The maximum Gasteiger partial charge on any atom is 0.318 e. The molecule has 180 valence electrons. The molecule has 1 heterocycles. The number of thioether (sulfide) groups is 1. The highest BCUT2D eigenvalue weighted by Crippen LogP contribution is 2.32. The molecular formula is C28H28N2O4S. The third-order valence-corrected chi connectivity index (χ3v) is 7.11. The average molecular weight is 489 g/mol. The number of benzene rings is 3. The molecule has 0 bridgehead atoms. The van der Waals surface area contributed by atoms with Crippen molar-refractivity contribution in [3.63, 3.8) is 0 Å². The van der Waals surface area contributed by atoms with Gasteiger partial charge >= 0.3 is 5.97 Å². The lowest BCUT2D eigenvalue weighted by Gasteiger charge is -2.19. The Morgan fingerprint density at radius 2 is 1.69 bits per heavy atom. The number of H-pyrrole nitrogens is 1. The highest BCUT2D eigenvalue weighted by atomic mass is 32.2. The molecule has 0 fully saturated rings. The number of fused-ring (bicyclic) bond motifs is 1. The number of methoxy groups -OCH3 is 2. The molecule has 0 aliphatic rings. The molecule has 0 spiro atoms. The van der Waals surface area contributed by atoms with Crippen LogP contribution in [0.3, 0.4) is 0 Å². The Kier molecular flexibility index (Phi) is 7.77. The van der Waals surface area contributed by atoms with Gasteiger partial charge in [0.2, 0.25) is 0 Å². The van der Waals surface area contributed by atoms with Crippen LogP contribution >= 0.6 is 11.8 Å². The molecule has 0 saturated carbocycles. The molecule has 2 unspecified atom stereocenters. The first-order chi connectivity index (χ1) is 17.0. The van der Waals surface area contributed by atoms with E-state index >= 15 is 0 Å². The van der Waals surface area contributed by atoms with Gasteiger partial charge in [-0.1, -0.05) is 42.5 Å². The van der Waals surface area contributed by atoms with Gasteiger partial charge in [-0.3, -0.25) is 9.59 Å². The molecule has 0 saturated heterocycles. The zero-order valence-electron chi connectivity index (χ0n) is 19.9. The van der Waals surface area contributed by atoms with E-state index in [-0.39, 0.29) is 17.8 Å². The van der Waals surface area contributed by atoms with Crippen LogP contribution in [-0.4, -0.2) is 42.9 Å². The lowest BCUT2D eigenvalue weighted by atomic mass is 9.90. The van der Waals surface area contributed by atoms with Crippen LogP contribution in [0.5, 0.6) is 5.75 Å². The fourth-order valence-electron chi connectivity index (χ4n) is 4.08. The van der Waals surface area contributed by atoms with Crippen molar-refractivity contribution in [1.82, 2.24) is 10.3 Å². The molecule has 6 nitrogen and oxygen atoms in total. The van der Waals surface area contributed by atoms with Crippen LogP contribution in [-0.2, 0) is 9.53 Å². The van der Waals surface area contributed by atoms with Crippen molar-refractivity contribution in [3.05, 3.63) is 95.7 Å². The van der Waals surface area contributed by atoms with Crippen LogP contribution in [0.25, 0.3) is 10.9 Å². The predicted molar refractivity (Wildman–Crippen MR) is 139 cm³/mol. The summed E-state index contributed by atoms with van der Waals surface area (Å²) in [4.78, 5) is 29.3. The fourth-order valence-corrected chi connectivity index (χ4v) is 5.10. The van der Waals surface area contributed by atoms with E-state index in [0.29, 0.717) is 12.1 Å². The molecule has 4 aromatic rings. The Morgan fingerprint density at radius 3 is 2.43 bits per heavy atom. The topological polar surface area (TPSA) is 80.4 Å². The van der Waals surface area contributed by atoms with Gasteiger partial charge in [0.05, 0.1) is 19.8 Å². The molecule has 0 aliphatic carbocycles. The van der Waals surface area contributed by atoms with Crippen molar-refractivity contribution < 1.29 is 19.1 Å². The SMILES string of the molecule is COC(=O)C(C)Sc1ccccc1C(=O)NCC(c1ccc(OC)cc1)c1c[nH]c2ccccc12. The van der Waals surface area contributed by atoms with Gasteiger partial charge in [-0.05, 0) is 48.4 Å². The maximum atomic E-state index is 13.3. The Balaban J connectivity index is 1.60. The highest BCUT2D eigenvalue weighted by Gasteiger charge is 2.22. The molecule has 2 N–H and O–H groups in total. The van der Waals surface area contributed by atoms with Crippen LogP contribution in [0.4, 0.5) is 0 Å². The minimum atomic E-state index is -0.424. The number of hydrogen-bond acceptors (Lipinski definition) is 5. The standard InChI is InChI=1S/C28H28N2O4S/c1-18(28(32)34-3)35-26-11-7-5-9-22(26)27(31)30-16-23(19-12-14-20(33-2)15-13-19)24-17-29-25-10-6-4-8-21(24)25/h4-15,17-18,23,29H,16H2,1-3H3,(H,30,31). The summed E-state index contributed by atoms with van der Waals surface area (Å²) < 4.78 is 10.2. The molecule has 7 heteroatoms. The van der Waals surface area contributed by atoms with Gasteiger partial charge in [0.1, 0.15) is 11.0 Å². The van der Waals surface area contributed by atoms with Gasteiger partial charge < -0.3 is 19.8 Å². The van der Waals surface area contributed by atoms with Crippen LogP contribution in [0, 0.1) is 0 Å². The van der Waals surface area contributed by atoms with E-state index in [0.717, 1.165) is 32.7 Å². The minimum absolute atomic E-state index is 0.0742. The van der Waals surface area contributed by atoms with Crippen LogP contribution < -0.4 is 10.1 Å². The molecule has 3 aromatic carbocycles. The minimum Gasteiger partial charge on any atom is -0.497 e. The Hall–Kier alpha value is -3.71. The summed E-state index contributed by atoms with van der Waals surface area (Å²) in [5.41, 5.74) is 3.75. The van der Waals surface area contributed by atoms with Crippen molar-refractivity contribution in [1.29, 1.82) is 0 Å². The summed E-state index contributed by atoms with van der Waals surface area (Å²) in [5.74, 6) is 0.184. The van der Waals surface area contributed by atoms with Gasteiger partial charge in [-0.25, -0.2) is 0 Å². The number of ether oxygens (including phenoxy) is 2. The monoisotopic (exact) mass is 488 g/mol. The number of esters is 1. The number of para-hydroxylation sites is 1. The smallest absolute Gasteiger partial charge is 0.318 e. The van der Waals surface area contributed by atoms with E-state index < -0.39 is 5.25 Å². The fraction of sp³-hybridized carbons (Fsp3) is 0.214. The first-order valence-corrected chi connectivity index (χ1v) is 12.2. The van der Waals surface area contributed by atoms with E-state index in [9.17, 15) is 9.59 Å². The van der Waals surface area contributed by atoms with Gasteiger partial charge in [0.25, 0.3) is 5.91 Å². The zero-order valence-corrected chi connectivity index (χ0v) is 20.7. The molecule has 0 aliphatic heterocycles. The summed E-state index contributed by atoms with van der Waals surface area (Å²) in [5, 5.41) is 3.81. The number of carbonyl (C=O) groups excluding carboxylic acids is 2. The zero-order chi connectivity index (χ0) is 24.8. The number of nitrogens with one attached hydrogen (secondary N) is 2. The van der Waals surface area contributed by atoms with Gasteiger partial charge in [-0.15, -0.1) is 11.8 Å². The van der Waals surface area contributed by atoms with E-state index in [2.05, 4.69) is 16.4 Å². The van der Waals surface area contributed by atoms with E-state index in [4.69, 9.17) is 9.47 Å². The number of aromatic nitrogens is 1. The number of aromatic amines is 1. The van der Waals surface area contributed by atoms with E-state index in [1.807, 2.05) is 66.9 Å². The Morgan fingerprint density at radius 1 is 0.971 bits per heavy atom. The third-order valence-electron chi connectivity index (χ3n) is 5.95. The van der Waals surface area contributed by atoms with Crippen molar-refractivity contribution in [2.24, 2.45) is 0 Å². The van der Waals surface area contributed by atoms with Gasteiger partial charge in [0, 0.05) is 34.5 Å². The first-order valence-electron chi connectivity index (χ1n) is 11.3. The second kappa shape index (κ2) is 11.1. The molecule has 1 amide bonds. The number of carbonyl (C=O) groups is 2. The van der Waals surface area contributed by atoms with Crippen LogP contribution in [0.1, 0.15) is 34.3 Å². The summed E-state index contributed by atoms with van der Waals surface area (Å²) in [7, 11) is 3.00.